The molecule has 192 valence electrons. The number of Topliss-reactive ketones (excluding diaryl/α,β-unsaturated/α-hetero) is 2. The zero-order chi connectivity index (χ0) is 27.2. The quantitative estimate of drug-likeness (QED) is 0.304. The van der Waals surface area contributed by atoms with E-state index in [9.17, 15) is 9.59 Å². The molecule has 7 nitrogen and oxygen atoms in total. The number of aryl methyl sites for hydroxylation is 1. The molecule has 6 rings (SSSR count). The van der Waals surface area contributed by atoms with Gasteiger partial charge in [-0.05, 0) is 78.8 Å². The van der Waals surface area contributed by atoms with Crippen LogP contribution in [-0.4, -0.2) is 31.5 Å². The fourth-order valence-corrected chi connectivity index (χ4v) is 4.55. The number of aromatic nitrogens is 4. The Balaban J connectivity index is 0.000000160. The van der Waals surface area contributed by atoms with Crippen molar-refractivity contribution < 1.29 is 14.0 Å². The fourth-order valence-electron chi connectivity index (χ4n) is 4.55. The molecule has 0 aromatic carbocycles. The molecule has 39 heavy (non-hydrogen) atoms. The molecule has 4 aromatic rings. The summed E-state index contributed by atoms with van der Waals surface area (Å²) in [6, 6.07) is 11.0. The standard InChI is InChI=1S/C18H16N2O.C14H10N2O2/c1-18(2)10-16-15(17(21)11-18)8-7-14(20-16)6-5-13-4-3-9-19-12-13;17-14-3-1-2-13-12(14)7-5-10(16-13)4-6-11-8-15-9-18-11/h3-4,7-9,12H,10-11H2,1-2H3;5,7-9H,1-3H2. The molecule has 0 bridgehead atoms. The molecule has 0 saturated carbocycles. The van der Waals surface area contributed by atoms with Gasteiger partial charge in [-0.25, -0.2) is 15.0 Å². The number of pyridine rings is 3. The predicted molar refractivity (Wildman–Crippen MR) is 145 cm³/mol. The van der Waals surface area contributed by atoms with Gasteiger partial charge in [0, 0.05) is 41.9 Å². The van der Waals surface area contributed by atoms with E-state index in [1.807, 2.05) is 30.3 Å². The van der Waals surface area contributed by atoms with Crippen LogP contribution in [0.4, 0.5) is 0 Å². The fraction of sp³-hybridized carbons (Fsp3) is 0.250. The molecule has 4 aromatic heterocycles. The van der Waals surface area contributed by atoms with Crippen LogP contribution < -0.4 is 0 Å². The van der Waals surface area contributed by atoms with Gasteiger partial charge in [-0.3, -0.25) is 14.6 Å². The molecule has 0 fully saturated rings. The summed E-state index contributed by atoms with van der Waals surface area (Å²) in [5, 5.41) is 0. The second-order valence-electron chi connectivity index (χ2n) is 10.2. The Morgan fingerprint density at radius 1 is 0.769 bits per heavy atom. The van der Waals surface area contributed by atoms with E-state index in [0.717, 1.165) is 47.3 Å². The highest BCUT2D eigenvalue weighted by Gasteiger charge is 2.31. The minimum Gasteiger partial charge on any atom is -0.435 e. The Morgan fingerprint density at radius 3 is 2.23 bits per heavy atom. The normalized spacial score (nSPS) is 14.8. The second kappa shape index (κ2) is 11.2. The topological polar surface area (TPSA) is 98.8 Å². The Bertz CT molecular complexity index is 1650. The van der Waals surface area contributed by atoms with Crippen molar-refractivity contribution >= 4 is 11.6 Å². The molecular weight excluding hydrogens is 488 g/mol. The Labute approximate surface area is 227 Å². The van der Waals surface area contributed by atoms with E-state index in [4.69, 9.17) is 4.42 Å². The number of carbonyl (C=O) groups is 2. The lowest BCUT2D eigenvalue weighted by molar-refractivity contribution is 0.0909. The van der Waals surface area contributed by atoms with Gasteiger partial charge in [0.2, 0.25) is 0 Å². The molecule has 0 N–H and O–H groups in total. The summed E-state index contributed by atoms with van der Waals surface area (Å²) in [5.41, 5.74) is 5.40. The van der Waals surface area contributed by atoms with Gasteiger partial charge in [-0.2, -0.15) is 0 Å². The van der Waals surface area contributed by atoms with Crippen molar-refractivity contribution in [3.8, 4) is 23.7 Å². The first-order valence-corrected chi connectivity index (χ1v) is 12.8. The van der Waals surface area contributed by atoms with E-state index in [0.29, 0.717) is 30.0 Å². The number of nitrogens with zero attached hydrogens (tertiary/aromatic N) is 4. The summed E-state index contributed by atoms with van der Waals surface area (Å²) in [7, 11) is 0. The van der Waals surface area contributed by atoms with Crippen molar-refractivity contribution in [1.29, 1.82) is 0 Å². The summed E-state index contributed by atoms with van der Waals surface area (Å²) in [6.07, 6.45) is 10.1. The monoisotopic (exact) mass is 514 g/mol. The number of hydrogen-bond donors (Lipinski definition) is 0. The summed E-state index contributed by atoms with van der Waals surface area (Å²) in [5.74, 6) is 12.7. The Kier molecular flexibility index (Phi) is 7.43. The smallest absolute Gasteiger partial charge is 0.197 e. The summed E-state index contributed by atoms with van der Waals surface area (Å²) in [6.45, 7) is 4.20. The van der Waals surface area contributed by atoms with Crippen LogP contribution in [0.2, 0.25) is 0 Å². The number of fused-ring (bicyclic) bond motifs is 2. The molecule has 0 aliphatic heterocycles. The Morgan fingerprint density at radius 2 is 1.51 bits per heavy atom. The average molecular weight is 515 g/mol. The van der Waals surface area contributed by atoms with Crippen molar-refractivity contribution in [2.45, 2.75) is 46.0 Å². The molecule has 4 heterocycles. The molecule has 0 unspecified atom stereocenters. The van der Waals surface area contributed by atoms with Gasteiger partial charge in [0.05, 0.1) is 17.6 Å². The van der Waals surface area contributed by atoms with Gasteiger partial charge in [-0.1, -0.05) is 19.8 Å². The highest BCUT2D eigenvalue weighted by molar-refractivity contribution is 5.99. The molecule has 0 saturated heterocycles. The van der Waals surface area contributed by atoms with Crippen LogP contribution in [0, 0.1) is 29.1 Å². The van der Waals surface area contributed by atoms with E-state index in [-0.39, 0.29) is 17.0 Å². The zero-order valence-corrected chi connectivity index (χ0v) is 21.8. The van der Waals surface area contributed by atoms with E-state index < -0.39 is 0 Å². The first-order valence-electron chi connectivity index (χ1n) is 12.8. The van der Waals surface area contributed by atoms with Crippen LogP contribution in [0.15, 0.2) is 65.8 Å². The highest BCUT2D eigenvalue weighted by atomic mass is 16.3. The van der Waals surface area contributed by atoms with Crippen molar-refractivity contribution in [1.82, 2.24) is 19.9 Å². The minimum absolute atomic E-state index is 0.0213. The molecular formula is C32H26N4O3. The van der Waals surface area contributed by atoms with Crippen molar-refractivity contribution in [2.75, 3.05) is 0 Å². The van der Waals surface area contributed by atoms with Gasteiger partial charge in [-0.15, -0.1) is 0 Å². The van der Waals surface area contributed by atoms with Crippen LogP contribution in [-0.2, 0) is 12.8 Å². The van der Waals surface area contributed by atoms with Crippen molar-refractivity contribution in [3.05, 3.63) is 107 Å². The van der Waals surface area contributed by atoms with Gasteiger partial charge in [0.15, 0.2) is 23.7 Å². The molecule has 7 heteroatoms. The lowest BCUT2D eigenvalue weighted by Crippen LogP contribution is -2.28. The first-order chi connectivity index (χ1) is 18.9. The van der Waals surface area contributed by atoms with Gasteiger partial charge < -0.3 is 4.42 Å². The average Bonchev–Trinajstić information content (AvgIpc) is 3.45. The SMILES string of the molecule is CC1(C)CC(=O)c2ccc(C#Cc3cccnc3)nc2C1.O=C1CCCc2nc(C#Cc3cnco3)ccc21. The van der Waals surface area contributed by atoms with Crippen LogP contribution in [0.25, 0.3) is 0 Å². The molecule has 0 amide bonds. The molecule has 0 radical (unpaired) electrons. The van der Waals surface area contributed by atoms with Crippen molar-refractivity contribution in [2.24, 2.45) is 5.41 Å². The third kappa shape index (κ3) is 6.52. The molecule has 0 atom stereocenters. The van der Waals surface area contributed by atoms with Gasteiger partial charge in [0.1, 0.15) is 11.4 Å². The van der Waals surface area contributed by atoms with Crippen molar-refractivity contribution in [3.63, 3.8) is 0 Å². The van der Waals surface area contributed by atoms with E-state index in [1.54, 1.807) is 24.7 Å². The summed E-state index contributed by atoms with van der Waals surface area (Å²) in [4.78, 5) is 40.5. The third-order valence-electron chi connectivity index (χ3n) is 6.39. The molecule has 0 spiro atoms. The maximum absolute atomic E-state index is 12.1. The number of carbonyl (C=O) groups excluding carboxylic acids is 2. The lowest BCUT2D eigenvalue weighted by Gasteiger charge is -2.29. The van der Waals surface area contributed by atoms with E-state index in [1.165, 1.54) is 6.39 Å². The lowest BCUT2D eigenvalue weighted by atomic mass is 9.75. The number of oxazole rings is 1. The maximum Gasteiger partial charge on any atom is 0.197 e. The number of rotatable bonds is 0. The largest absolute Gasteiger partial charge is 0.435 e. The maximum atomic E-state index is 12.1. The highest BCUT2D eigenvalue weighted by Crippen LogP contribution is 2.33. The first kappa shape index (κ1) is 25.8. The van der Waals surface area contributed by atoms with Crippen LogP contribution >= 0.6 is 0 Å². The van der Waals surface area contributed by atoms with Crippen LogP contribution in [0.5, 0.6) is 0 Å². The number of hydrogen-bond acceptors (Lipinski definition) is 7. The van der Waals surface area contributed by atoms with Crippen LogP contribution in [0.3, 0.4) is 0 Å². The summed E-state index contributed by atoms with van der Waals surface area (Å²) < 4.78 is 5.02. The second-order valence-corrected chi connectivity index (χ2v) is 10.2. The number of ketones is 2. The summed E-state index contributed by atoms with van der Waals surface area (Å²) >= 11 is 0. The Hall–Kier alpha value is -4.88. The zero-order valence-electron chi connectivity index (χ0n) is 21.8. The predicted octanol–water partition coefficient (Wildman–Crippen LogP) is 5.02. The minimum atomic E-state index is -0.0213. The van der Waals surface area contributed by atoms with E-state index >= 15 is 0 Å². The van der Waals surface area contributed by atoms with Gasteiger partial charge in [0.25, 0.3) is 0 Å². The third-order valence-corrected chi connectivity index (χ3v) is 6.39. The molecule has 2 aliphatic carbocycles. The van der Waals surface area contributed by atoms with E-state index in [2.05, 4.69) is 57.5 Å². The molecule has 2 aliphatic rings. The van der Waals surface area contributed by atoms with Gasteiger partial charge >= 0.3 is 0 Å². The van der Waals surface area contributed by atoms with Crippen LogP contribution in [0.1, 0.15) is 87.9 Å².